The highest BCUT2D eigenvalue weighted by molar-refractivity contribution is 8.14. The molecule has 0 atom stereocenters. The zero-order chi connectivity index (χ0) is 50.3. The predicted molar refractivity (Wildman–Crippen MR) is 264 cm³/mol. The van der Waals surface area contributed by atoms with Gasteiger partial charge in [0, 0.05) is 0 Å². The molecule has 0 aliphatic carbocycles. The highest BCUT2D eigenvalue weighted by Crippen LogP contribution is 2.34. The largest absolute Gasteiger partial charge is 0.542 e. The van der Waals surface area contributed by atoms with Crippen LogP contribution < -0.4 is 0 Å². The van der Waals surface area contributed by atoms with E-state index in [2.05, 4.69) is 78.7 Å². The minimum atomic E-state index is -5.60. The number of hydrogen-bond donors (Lipinski definition) is 6. The quantitative estimate of drug-likeness (QED) is 0.0462. The lowest BCUT2D eigenvalue weighted by molar-refractivity contribution is -0.386. The second kappa shape index (κ2) is 26.9. The van der Waals surface area contributed by atoms with Gasteiger partial charge < -0.3 is 91.0 Å². The molecule has 0 unspecified atom stereocenters. The summed E-state index contributed by atoms with van der Waals surface area (Å²) in [5, 5.41) is 0. The maximum Gasteiger partial charge on any atom is 0.483 e. The Labute approximate surface area is 386 Å². The van der Waals surface area contributed by atoms with E-state index in [1.165, 1.54) is 0 Å². The number of hydrogen-bond acceptors (Lipinski definition) is 14. The molecule has 0 saturated carbocycles. The topological polar surface area (TPSA) is 298 Å². The van der Waals surface area contributed by atoms with Crippen molar-refractivity contribution in [1.29, 1.82) is 0 Å². The van der Waals surface area contributed by atoms with Crippen molar-refractivity contribution in [2.75, 3.05) is 0 Å². The SMILES string of the molecule is C=C[Si](C)(C)OC(O[Si](C)(C)C=C)(O[Si](C)(C)C=C)O[Si](C)(C)C=C.C[SiH](C)OC(O[SiH](C)C)(O[SiH](C)C)O[SiH](C)C.O=[Si](O)[Si]([Si](=O)O)([Si](=O)O)[Si]([Si](=O)O)([Si](=O)O)[Si](=O)O. The summed E-state index contributed by atoms with van der Waals surface area (Å²) in [5.41, 5.74) is 7.35. The summed E-state index contributed by atoms with van der Waals surface area (Å²) in [5.74, 6) is 0. The van der Waals surface area contributed by atoms with Gasteiger partial charge in [-0.3, -0.25) is 0 Å². The van der Waals surface area contributed by atoms with E-state index in [0.717, 1.165) is 0 Å². The molecule has 0 rings (SSSR count). The van der Waals surface area contributed by atoms with Gasteiger partial charge in [-0.25, -0.2) is 0 Å². The third kappa shape index (κ3) is 20.3. The van der Waals surface area contributed by atoms with E-state index in [9.17, 15) is 26.8 Å². The van der Waals surface area contributed by atoms with Crippen molar-refractivity contribution in [3.63, 3.8) is 0 Å². The molecule has 20 nitrogen and oxygen atoms in total. The van der Waals surface area contributed by atoms with Crippen LogP contribution in [-0.4, -0.2) is 173 Å². The molecule has 0 heterocycles. The van der Waals surface area contributed by atoms with E-state index in [-0.39, 0.29) is 0 Å². The smallest absolute Gasteiger partial charge is 0.483 e. The first-order valence-electron chi connectivity index (χ1n) is 19.1. The maximum atomic E-state index is 11.4. The minimum Gasteiger partial charge on any atom is -0.542 e. The van der Waals surface area contributed by atoms with Gasteiger partial charge in [-0.2, -0.15) is 0 Å². The molecule has 0 aromatic heterocycles. The van der Waals surface area contributed by atoms with Crippen molar-refractivity contribution in [3.05, 3.63) is 49.1 Å². The third-order valence-electron chi connectivity index (χ3n) is 7.53. The van der Waals surface area contributed by atoms with E-state index in [1.54, 1.807) is 0 Å². The van der Waals surface area contributed by atoms with Gasteiger partial charge in [-0.05, 0) is 105 Å². The van der Waals surface area contributed by atoms with Gasteiger partial charge >= 0.3 is 75.3 Å². The zero-order valence-corrected chi connectivity index (χ0v) is 55.5. The second-order valence-corrected chi connectivity index (χ2v) is 91.6. The molecular formula is C26H70O20Si16. The van der Waals surface area contributed by atoms with Gasteiger partial charge in [-0.15, -0.1) is 26.3 Å². The van der Waals surface area contributed by atoms with Crippen LogP contribution in [0.2, 0.25) is 105 Å². The Bertz CT molecular complexity index is 1360. The van der Waals surface area contributed by atoms with E-state index in [1.807, 2.05) is 75.2 Å². The van der Waals surface area contributed by atoms with E-state index < -0.39 is 145 Å². The van der Waals surface area contributed by atoms with Crippen LogP contribution in [0, 0.1) is 0 Å². The normalized spacial score (nSPS) is 13.0. The Morgan fingerprint density at radius 1 is 0.371 bits per heavy atom. The summed E-state index contributed by atoms with van der Waals surface area (Å²) in [6.07, 6.45) is -14.0. The third-order valence-corrected chi connectivity index (χ3v) is 113. The summed E-state index contributed by atoms with van der Waals surface area (Å²) in [6.45, 7) is 48.7. The lowest BCUT2D eigenvalue weighted by atomic mass is 11.2. The molecule has 0 spiro atoms. The molecule has 0 saturated heterocycles. The van der Waals surface area contributed by atoms with Crippen LogP contribution >= 0.6 is 0 Å². The average Bonchev–Trinajstić information content (AvgIpc) is 3.04. The second-order valence-electron chi connectivity index (χ2n) is 16.6. The summed E-state index contributed by atoms with van der Waals surface area (Å²) < 4.78 is 118. The molecule has 358 valence electrons. The Kier molecular flexibility index (Phi) is 28.6. The standard InChI is InChI=1S/C17H36O4Si4.C9H28O4Si4.H6O12Si8/c1-13-22(5,6)18-17(19-23(7,8)14-2,20-24(9,10)15-3)21-25(11,12)16-4;1-14(2)10-9(11-15(3)4,12-16(5)6)13-17(7)8;1-13(2)19(14(3)4,15(5)6)20(16(7)8,17(9)10)18(11)12/h13-16H,1-4H2,5-12H3;14-17H,1-8H3;1,3,5,7,9,11H. The van der Waals surface area contributed by atoms with Gasteiger partial charge in [0.15, 0.2) is 36.2 Å². The molecule has 0 radical (unpaired) electrons. The van der Waals surface area contributed by atoms with Crippen LogP contribution in [0.3, 0.4) is 0 Å². The van der Waals surface area contributed by atoms with Gasteiger partial charge in [0.2, 0.25) is 33.3 Å². The number of rotatable bonds is 27. The lowest BCUT2D eigenvalue weighted by Gasteiger charge is -2.46. The fraction of sp³-hybridized carbons (Fsp3) is 0.692. The van der Waals surface area contributed by atoms with Crippen LogP contribution in [0.15, 0.2) is 49.1 Å². The first-order valence-corrected chi connectivity index (χ1v) is 61.3. The molecule has 0 aromatic carbocycles. The fourth-order valence-electron chi connectivity index (χ4n) is 4.41. The van der Waals surface area contributed by atoms with Crippen molar-refractivity contribution in [2.45, 2.75) is 117 Å². The molecule has 62 heavy (non-hydrogen) atoms. The van der Waals surface area contributed by atoms with Gasteiger partial charge in [0.05, 0.1) is 0 Å². The molecule has 0 bridgehead atoms. The molecule has 0 amide bonds. The maximum absolute atomic E-state index is 11.4. The van der Waals surface area contributed by atoms with Gasteiger partial charge in [0.25, 0.3) is 0 Å². The summed E-state index contributed by atoms with van der Waals surface area (Å²) in [4.78, 5) is 54.9. The van der Waals surface area contributed by atoms with Gasteiger partial charge in [-0.1, -0.05) is 22.8 Å². The Balaban J connectivity index is -0.000000859. The van der Waals surface area contributed by atoms with Crippen LogP contribution in [0.25, 0.3) is 0 Å². The zero-order valence-electron chi connectivity index (χ0n) is 38.8. The van der Waals surface area contributed by atoms with Crippen molar-refractivity contribution < 1.29 is 91.0 Å². The van der Waals surface area contributed by atoms with E-state index >= 15 is 0 Å². The molecule has 36 heteroatoms. The molecule has 0 aromatic rings. The highest BCUT2D eigenvalue weighted by atomic mass is 30.4. The predicted octanol–water partition coefficient (Wildman–Crippen LogP) is -0.118. The average molecular weight is 1150 g/mol. The van der Waals surface area contributed by atoms with E-state index in [0.29, 0.717) is 0 Å². The Morgan fingerprint density at radius 2 is 0.516 bits per heavy atom. The molecule has 0 aliphatic rings. The fourth-order valence-corrected chi connectivity index (χ4v) is 103. The van der Waals surface area contributed by atoms with Crippen LogP contribution in [0.1, 0.15) is 0 Å². The van der Waals surface area contributed by atoms with Crippen molar-refractivity contribution in [3.8, 4) is 0 Å². The first-order chi connectivity index (χ1) is 27.6. The first kappa shape index (κ1) is 66.0. The molecule has 0 aliphatic heterocycles. The Hall–Kier alpha value is -0.290. The van der Waals surface area contributed by atoms with Crippen LogP contribution in [0.4, 0.5) is 0 Å². The monoisotopic (exact) mass is 1150 g/mol. The van der Waals surface area contributed by atoms with Gasteiger partial charge in [0.1, 0.15) is 0 Å². The molecule has 6 N–H and O–H groups in total. The minimum absolute atomic E-state index is 1.17. The highest BCUT2D eigenvalue weighted by Gasteiger charge is 2.91. The van der Waals surface area contributed by atoms with Crippen molar-refractivity contribution in [2.24, 2.45) is 0 Å². The molecular weight excluding hydrogens is 1080 g/mol. The summed E-state index contributed by atoms with van der Waals surface area (Å²) in [6, 6.07) is 0. The Morgan fingerprint density at radius 3 is 0.613 bits per heavy atom. The van der Waals surface area contributed by atoms with E-state index in [4.69, 9.17) is 64.2 Å². The summed E-state index contributed by atoms with van der Waals surface area (Å²) >= 11 is 0. The van der Waals surface area contributed by atoms with Crippen molar-refractivity contribution in [1.82, 2.24) is 0 Å². The summed E-state index contributed by atoms with van der Waals surface area (Å²) in [7, 11) is -41.4. The lowest BCUT2D eigenvalue weighted by Crippen LogP contribution is -2.91. The molecule has 0 fully saturated rings. The van der Waals surface area contributed by atoms with Crippen molar-refractivity contribution >= 4 is 132 Å². The van der Waals surface area contributed by atoms with Crippen LogP contribution in [0.5, 0.6) is 0 Å². The van der Waals surface area contributed by atoms with Crippen LogP contribution in [-0.2, 0) is 62.2 Å².